The maximum atomic E-state index is 9.60. The molecule has 0 saturated heterocycles. The molecule has 0 radical (unpaired) electrons. The van der Waals surface area contributed by atoms with E-state index >= 15 is 0 Å². The van der Waals surface area contributed by atoms with Crippen molar-refractivity contribution in [3.8, 4) is 0 Å². The van der Waals surface area contributed by atoms with Crippen molar-refractivity contribution in [2.75, 3.05) is 0 Å². The molecule has 0 unspecified atom stereocenters. The van der Waals surface area contributed by atoms with E-state index in [9.17, 15) is 14.4 Å². The van der Waals surface area contributed by atoms with E-state index < -0.39 is 17.9 Å². The van der Waals surface area contributed by atoms with Crippen molar-refractivity contribution in [3.05, 3.63) is 79.9 Å². The normalized spacial score (nSPS) is 7.38. The lowest BCUT2D eigenvalue weighted by Gasteiger charge is -1.85. The summed E-state index contributed by atoms with van der Waals surface area (Å²) in [6, 6.07) is 10.0. The summed E-state index contributed by atoms with van der Waals surface area (Å²) in [5, 5.41) is 23.1. The summed E-state index contributed by atoms with van der Waals surface area (Å²) in [4.78, 5) is 28.1. The summed E-state index contributed by atoms with van der Waals surface area (Å²) >= 11 is 0. The molecule has 0 atom stereocenters. The van der Waals surface area contributed by atoms with Gasteiger partial charge in [-0.2, -0.15) is 0 Å². The number of carboxylic acid groups (broad SMARTS) is 3. The molecule has 130 valence electrons. The van der Waals surface area contributed by atoms with E-state index in [1.54, 1.807) is 0 Å². The first-order valence-electron chi connectivity index (χ1n) is 6.39. The molecule has 1 rings (SSSR count). The lowest BCUT2D eigenvalue weighted by molar-refractivity contribution is -0.133. The minimum Gasteiger partial charge on any atom is -0.478 e. The fraction of sp³-hybridized carbons (Fsp3) is 0.0556. The van der Waals surface area contributed by atoms with Gasteiger partial charge in [0.05, 0.1) is 0 Å². The molecule has 6 nitrogen and oxygen atoms in total. The molecule has 0 aromatic heterocycles. The van der Waals surface area contributed by atoms with Gasteiger partial charge in [0.1, 0.15) is 0 Å². The van der Waals surface area contributed by atoms with Gasteiger partial charge in [-0.1, -0.05) is 62.7 Å². The molecule has 0 saturated carbocycles. The molecule has 3 N–H and O–H groups in total. The van der Waals surface area contributed by atoms with Crippen molar-refractivity contribution >= 4 is 24.0 Å². The molecule has 0 aliphatic rings. The summed E-state index contributed by atoms with van der Waals surface area (Å²) in [5.41, 5.74) is 1.35. The first-order valence-corrected chi connectivity index (χ1v) is 6.39. The average molecular weight is 334 g/mol. The van der Waals surface area contributed by atoms with Crippen molar-refractivity contribution in [1.29, 1.82) is 0 Å². The van der Waals surface area contributed by atoms with Gasteiger partial charge >= 0.3 is 17.9 Å². The van der Waals surface area contributed by atoms with Crippen molar-refractivity contribution in [2.45, 2.75) is 6.92 Å². The third kappa shape index (κ3) is 27.0. The zero-order valence-electron chi connectivity index (χ0n) is 13.5. The highest BCUT2D eigenvalue weighted by Gasteiger charge is 1.90. The highest BCUT2D eigenvalue weighted by molar-refractivity contribution is 5.84. The van der Waals surface area contributed by atoms with Gasteiger partial charge in [0.25, 0.3) is 0 Å². The van der Waals surface area contributed by atoms with Gasteiger partial charge < -0.3 is 15.3 Å². The van der Waals surface area contributed by atoms with Gasteiger partial charge in [-0.05, 0) is 12.5 Å². The van der Waals surface area contributed by atoms with E-state index in [0.717, 1.165) is 12.2 Å². The molecule has 1 aromatic rings. The van der Waals surface area contributed by atoms with Crippen LogP contribution in [0.4, 0.5) is 0 Å². The van der Waals surface area contributed by atoms with Crippen LogP contribution >= 0.6 is 0 Å². The number of benzene rings is 1. The molecule has 1 aromatic carbocycles. The topological polar surface area (TPSA) is 112 Å². The molecule has 6 heteroatoms. The summed E-state index contributed by atoms with van der Waals surface area (Å²) in [7, 11) is 0. The predicted octanol–water partition coefficient (Wildman–Crippen LogP) is 3.49. The van der Waals surface area contributed by atoms with Crippen molar-refractivity contribution in [3.63, 3.8) is 0 Å². The Bertz CT molecular complexity index is 528. The number of hydrogen-bond donors (Lipinski definition) is 3. The van der Waals surface area contributed by atoms with Crippen molar-refractivity contribution < 1.29 is 29.7 Å². The van der Waals surface area contributed by atoms with Crippen LogP contribution in [0.15, 0.2) is 74.4 Å². The fourth-order valence-electron chi connectivity index (χ4n) is 0.589. The van der Waals surface area contributed by atoms with E-state index in [-0.39, 0.29) is 5.57 Å². The number of carbonyl (C=O) groups is 3. The minimum atomic E-state index is -0.981. The second-order valence-electron chi connectivity index (χ2n) is 3.79. The predicted molar refractivity (Wildman–Crippen MR) is 94.6 cm³/mol. The van der Waals surface area contributed by atoms with E-state index in [1.165, 1.54) is 12.5 Å². The summed E-state index contributed by atoms with van der Waals surface area (Å²) in [6.07, 6.45) is 3.50. The van der Waals surface area contributed by atoms with E-state index in [4.69, 9.17) is 15.3 Å². The van der Waals surface area contributed by atoms with Gasteiger partial charge in [0.2, 0.25) is 0 Å². The van der Waals surface area contributed by atoms with Crippen LogP contribution in [-0.4, -0.2) is 33.2 Å². The molecule has 0 fully saturated rings. The van der Waals surface area contributed by atoms with Crippen molar-refractivity contribution in [2.24, 2.45) is 0 Å². The summed E-state index contributed by atoms with van der Waals surface area (Å²) in [5.74, 6) is -2.90. The average Bonchev–Trinajstić information content (AvgIpc) is 2.57. The molecular weight excluding hydrogens is 312 g/mol. The molecule has 0 heterocycles. The lowest BCUT2D eigenvalue weighted by Crippen LogP contribution is -1.92. The molecule has 0 aliphatic heterocycles. The Hall–Kier alpha value is -3.41. The third-order valence-electron chi connectivity index (χ3n) is 1.75. The molecule has 0 aliphatic carbocycles. The Labute approximate surface area is 141 Å². The van der Waals surface area contributed by atoms with Crippen LogP contribution < -0.4 is 0 Å². The zero-order chi connectivity index (χ0) is 19.5. The van der Waals surface area contributed by atoms with E-state index in [1.807, 2.05) is 36.4 Å². The van der Waals surface area contributed by atoms with Crippen LogP contribution in [-0.2, 0) is 14.4 Å². The van der Waals surface area contributed by atoms with Gasteiger partial charge in [0.15, 0.2) is 0 Å². The van der Waals surface area contributed by atoms with E-state index in [0.29, 0.717) is 0 Å². The number of rotatable bonds is 4. The SMILES string of the molecule is C=C(C)C(=O)O.C=CC(=O)O.C=CC(=O)O.C=Cc1ccccc1. The Morgan fingerprint density at radius 3 is 1.29 bits per heavy atom. The second-order valence-corrected chi connectivity index (χ2v) is 3.79. The highest BCUT2D eigenvalue weighted by Crippen LogP contribution is 1.97. The van der Waals surface area contributed by atoms with Gasteiger partial charge in [0, 0.05) is 17.7 Å². The summed E-state index contributed by atoms with van der Waals surface area (Å²) in [6.45, 7) is 14.2. The van der Waals surface area contributed by atoms with Gasteiger partial charge in [-0.25, -0.2) is 14.4 Å². The lowest BCUT2D eigenvalue weighted by atomic mass is 10.2. The fourth-order valence-corrected chi connectivity index (χ4v) is 0.589. The van der Waals surface area contributed by atoms with Crippen molar-refractivity contribution in [1.82, 2.24) is 0 Å². The Morgan fingerprint density at radius 1 is 0.875 bits per heavy atom. The quantitative estimate of drug-likeness (QED) is 0.727. The number of carboxylic acids is 3. The maximum Gasteiger partial charge on any atom is 0.330 e. The molecule has 0 spiro atoms. The van der Waals surface area contributed by atoms with Crippen LogP contribution in [0.5, 0.6) is 0 Å². The first-order chi connectivity index (χ1) is 11.1. The van der Waals surface area contributed by atoms with Crippen LogP contribution in [0, 0.1) is 0 Å². The number of hydrogen-bond acceptors (Lipinski definition) is 3. The zero-order valence-corrected chi connectivity index (χ0v) is 13.5. The molecular formula is C18H22O6. The Kier molecular flexibility index (Phi) is 18.8. The molecule has 0 amide bonds. The smallest absolute Gasteiger partial charge is 0.330 e. The third-order valence-corrected chi connectivity index (χ3v) is 1.75. The number of aliphatic carboxylic acids is 3. The first kappa shape index (κ1) is 25.5. The van der Waals surface area contributed by atoms with Crippen LogP contribution in [0.2, 0.25) is 0 Å². The van der Waals surface area contributed by atoms with Crippen LogP contribution in [0.25, 0.3) is 6.08 Å². The Balaban J connectivity index is -0.000000252. The Morgan fingerprint density at radius 2 is 1.17 bits per heavy atom. The maximum absolute atomic E-state index is 9.60. The minimum absolute atomic E-state index is 0.176. The van der Waals surface area contributed by atoms with Crippen LogP contribution in [0.3, 0.4) is 0 Å². The standard InChI is InChI=1S/C8H8.C4H6O2.2C3H4O2/c1-2-8-6-4-3-5-7-8;1-3(2)4(5)6;2*1-2-3(4)5/h2-7H,1H2;1H2,2H3,(H,5,6);2*2H,1H2,(H,4,5). The largest absolute Gasteiger partial charge is 0.478 e. The summed E-state index contributed by atoms with van der Waals surface area (Å²) < 4.78 is 0. The van der Waals surface area contributed by atoms with Gasteiger partial charge in [-0.3, -0.25) is 0 Å². The van der Waals surface area contributed by atoms with E-state index in [2.05, 4.69) is 26.3 Å². The molecule has 24 heavy (non-hydrogen) atoms. The monoisotopic (exact) mass is 334 g/mol. The van der Waals surface area contributed by atoms with Gasteiger partial charge in [-0.15, -0.1) is 0 Å². The molecule has 0 bridgehead atoms. The second kappa shape index (κ2) is 17.6. The highest BCUT2D eigenvalue weighted by atomic mass is 16.4. The van der Waals surface area contributed by atoms with Crippen LogP contribution in [0.1, 0.15) is 12.5 Å².